The number of halogens is 1. The van der Waals surface area contributed by atoms with E-state index in [0.29, 0.717) is 28.1 Å². The summed E-state index contributed by atoms with van der Waals surface area (Å²) in [6.07, 6.45) is 0. The number of nitrogens with zero attached hydrogens (tertiary/aromatic N) is 2. The molecule has 0 atom stereocenters. The first-order valence-electron chi connectivity index (χ1n) is 7.48. The van der Waals surface area contributed by atoms with E-state index < -0.39 is 5.97 Å². The Balaban J connectivity index is 1.86. The van der Waals surface area contributed by atoms with E-state index in [9.17, 15) is 9.90 Å². The van der Waals surface area contributed by atoms with Gasteiger partial charge in [-0.25, -0.2) is 9.78 Å². The lowest BCUT2D eigenvalue weighted by Gasteiger charge is -2.05. The van der Waals surface area contributed by atoms with Gasteiger partial charge in [-0.3, -0.25) is 0 Å². The zero-order valence-corrected chi connectivity index (χ0v) is 14.4. The Morgan fingerprint density at radius 2 is 1.80 bits per heavy atom. The second kappa shape index (κ2) is 6.14. The Kier molecular flexibility index (Phi) is 3.82. The van der Waals surface area contributed by atoms with E-state index in [1.807, 2.05) is 36.4 Å². The van der Waals surface area contributed by atoms with Crippen molar-refractivity contribution in [2.24, 2.45) is 0 Å². The van der Waals surface area contributed by atoms with Crippen molar-refractivity contribution in [2.45, 2.75) is 0 Å². The van der Waals surface area contributed by atoms with Crippen molar-refractivity contribution >= 4 is 32.8 Å². The fourth-order valence-electron chi connectivity index (χ4n) is 2.64. The van der Waals surface area contributed by atoms with Crippen LogP contribution in [0.25, 0.3) is 33.6 Å². The lowest BCUT2D eigenvalue weighted by Crippen LogP contribution is -2.00. The van der Waals surface area contributed by atoms with Gasteiger partial charge in [0.2, 0.25) is 0 Å². The van der Waals surface area contributed by atoms with E-state index in [2.05, 4.69) is 26.1 Å². The molecule has 0 radical (unpaired) electrons. The molecule has 0 aliphatic rings. The van der Waals surface area contributed by atoms with Crippen molar-refractivity contribution in [3.05, 3.63) is 70.7 Å². The number of hydrogen-bond donors (Lipinski definition) is 1. The molecule has 0 aliphatic heterocycles. The Hall–Kier alpha value is -2.99. The molecule has 0 spiro atoms. The third-order valence-corrected chi connectivity index (χ3v) is 4.33. The van der Waals surface area contributed by atoms with Crippen LogP contribution in [-0.4, -0.2) is 21.2 Å². The first-order valence-corrected chi connectivity index (χ1v) is 8.27. The second-order valence-corrected chi connectivity index (χ2v) is 6.38. The van der Waals surface area contributed by atoms with Gasteiger partial charge in [0, 0.05) is 21.5 Å². The topological polar surface area (TPSA) is 76.2 Å². The van der Waals surface area contributed by atoms with Crippen LogP contribution in [0, 0.1) is 0 Å². The molecule has 0 fully saturated rings. The van der Waals surface area contributed by atoms with Crippen molar-refractivity contribution in [2.75, 3.05) is 0 Å². The molecule has 0 bridgehead atoms. The molecule has 2 heterocycles. The van der Waals surface area contributed by atoms with Gasteiger partial charge in [-0.05, 0) is 24.3 Å². The normalized spacial score (nSPS) is 10.9. The molecule has 0 saturated carbocycles. The second-order valence-electron chi connectivity index (χ2n) is 5.46. The van der Waals surface area contributed by atoms with Crippen molar-refractivity contribution in [1.82, 2.24) is 10.1 Å². The van der Waals surface area contributed by atoms with E-state index in [0.717, 1.165) is 10.0 Å². The number of hydrogen-bond acceptors (Lipinski definition) is 4. The highest BCUT2D eigenvalue weighted by Crippen LogP contribution is 2.29. The molecule has 122 valence electrons. The van der Waals surface area contributed by atoms with E-state index in [1.165, 1.54) is 6.07 Å². The number of carboxylic acid groups (broad SMARTS) is 1. The monoisotopic (exact) mass is 394 g/mol. The summed E-state index contributed by atoms with van der Waals surface area (Å²) >= 11 is 3.36. The first-order chi connectivity index (χ1) is 12.1. The van der Waals surface area contributed by atoms with Crippen LogP contribution in [0.15, 0.2) is 69.7 Å². The maximum absolute atomic E-state index is 11.6. The van der Waals surface area contributed by atoms with Gasteiger partial charge in [0.15, 0.2) is 5.76 Å². The van der Waals surface area contributed by atoms with Crippen LogP contribution >= 0.6 is 15.9 Å². The summed E-state index contributed by atoms with van der Waals surface area (Å²) in [6.45, 7) is 0. The summed E-state index contributed by atoms with van der Waals surface area (Å²) in [5.74, 6) is -0.597. The first kappa shape index (κ1) is 15.5. The summed E-state index contributed by atoms with van der Waals surface area (Å²) in [4.78, 5) is 16.2. The summed E-state index contributed by atoms with van der Waals surface area (Å²) in [7, 11) is 0. The number of pyridine rings is 1. The van der Waals surface area contributed by atoms with Crippen LogP contribution in [0.3, 0.4) is 0 Å². The molecule has 2 aromatic carbocycles. The smallest absolute Gasteiger partial charge is 0.336 e. The maximum atomic E-state index is 11.6. The Labute approximate surface area is 151 Å². The van der Waals surface area contributed by atoms with Crippen LogP contribution < -0.4 is 0 Å². The van der Waals surface area contributed by atoms with Crippen molar-refractivity contribution in [3.8, 4) is 22.7 Å². The van der Waals surface area contributed by atoms with Gasteiger partial charge in [0.05, 0.1) is 11.1 Å². The number of carbonyl (C=O) groups is 1. The third-order valence-electron chi connectivity index (χ3n) is 3.83. The number of benzene rings is 2. The Morgan fingerprint density at radius 1 is 1.00 bits per heavy atom. The molecular formula is C19H11BrN2O3. The highest BCUT2D eigenvalue weighted by atomic mass is 79.9. The van der Waals surface area contributed by atoms with Gasteiger partial charge in [-0.1, -0.05) is 51.4 Å². The van der Waals surface area contributed by atoms with Crippen molar-refractivity contribution in [3.63, 3.8) is 0 Å². The molecule has 6 heteroatoms. The minimum absolute atomic E-state index is 0.166. The van der Waals surface area contributed by atoms with E-state index in [1.54, 1.807) is 18.2 Å². The van der Waals surface area contributed by atoms with Gasteiger partial charge in [0.1, 0.15) is 11.4 Å². The van der Waals surface area contributed by atoms with Crippen LogP contribution in [-0.2, 0) is 0 Å². The molecule has 5 nitrogen and oxygen atoms in total. The summed E-state index contributed by atoms with van der Waals surface area (Å²) in [5, 5.41) is 14.2. The fraction of sp³-hybridized carbons (Fsp3) is 0. The predicted octanol–water partition coefficient (Wildman–Crippen LogP) is 5.02. The summed E-state index contributed by atoms with van der Waals surface area (Å²) in [6, 6.07) is 18.2. The highest BCUT2D eigenvalue weighted by Gasteiger charge is 2.16. The standard InChI is InChI=1S/C19H11BrN2O3/c20-12-6-7-15-13(8-12)14(19(23)24)9-17(21-15)18-10-16(22-25-18)11-4-2-1-3-5-11/h1-10H,(H,23,24). The SMILES string of the molecule is O=C(O)c1cc(-c2cc(-c3ccccc3)no2)nc2ccc(Br)cc12. The molecule has 1 N–H and O–H groups in total. The van der Waals surface area contributed by atoms with Crippen LogP contribution in [0.2, 0.25) is 0 Å². The summed E-state index contributed by atoms with van der Waals surface area (Å²) in [5.41, 5.74) is 2.77. The van der Waals surface area contributed by atoms with Crippen LogP contribution in [0.5, 0.6) is 0 Å². The van der Waals surface area contributed by atoms with Gasteiger partial charge < -0.3 is 9.63 Å². The fourth-order valence-corrected chi connectivity index (χ4v) is 3.00. The molecule has 4 aromatic rings. The quantitative estimate of drug-likeness (QED) is 0.527. The average Bonchev–Trinajstić information content (AvgIpc) is 3.11. The van der Waals surface area contributed by atoms with Crippen molar-refractivity contribution < 1.29 is 14.4 Å². The number of fused-ring (bicyclic) bond motifs is 1. The van der Waals surface area contributed by atoms with Gasteiger partial charge in [0.25, 0.3) is 0 Å². The van der Waals surface area contributed by atoms with Gasteiger partial charge in [-0.15, -0.1) is 0 Å². The van der Waals surface area contributed by atoms with E-state index in [4.69, 9.17) is 4.52 Å². The number of aromatic nitrogens is 2. The maximum Gasteiger partial charge on any atom is 0.336 e. The molecule has 0 saturated heterocycles. The zero-order chi connectivity index (χ0) is 17.4. The van der Waals surface area contributed by atoms with Crippen LogP contribution in [0.1, 0.15) is 10.4 Å². The van der Waals surface area contributed by atoms with Crippen molar-refractivity contribution in [1.29, 1.82) is 0 Å². The largest absolute Gasteiger partial charge is 0.478 e. The van der Waals surface area contributed by atoms with Gasteiger partial charge >= 0.3 is 5.97 Å². The molecule has 4 rings (SSSR count). The molecule has 2 aromatic heterocycles. The van der Waals surface area contributed by atoms with Gasteiger partial charge in [-0.2, -0.15) is 0 Å². The molecular weight excluding hydrogens is 384 g/mol. The number of aromatic carboxylic acids is 1. The highest BCUT2D eigenvalue weighted by molar-refractivity contribution is 9.10. The minimum atomic E-state index is -1.02. The molecule has 0 aliphatic carbocycles. The number of carboxylic acids is 1. The molecule has 25 heavy (non-hydrogen) atoms. The Bertz CT molecular complexity index is 1090. The molecule has 0 unspecified atom stereocenters. The lowest BCUT2D eigenvalue weighted by molar-refractivity contribution is 0.0699. The average molecular weight is 395 g/mol. The zero-order valence-electron chi connectivity index (χ0n) is 12.8. The predicted molar refractivity (Wildman–Crippen MR) is 97.3 cm³/mol. The minimum Gasteiger partial charge on any atom is -0.478 e. The Morgan fingerprint density at radius 3 is 2.56 bits per heavy atom. The molecule has 0 amide bonds. The number of rotatable bonds is 3. The third kappa shape index (κ3) is 2.92. The van der Waals surface area contributed by atoms with E-state index >= 15 is 0 Å². The lowest BCUT2D eigenvalue weighted by atomic mass is 10.1. The van der Waals surface area contributed by atoms with E-state index in [-0.39, 0.29) is 5.56 Å². The van der Waals surface area contributed by atoms with Crippen LogP contribution in [0.4, 0.5) is 0 Å². The summed E-state index contributed by atoms with van der Waals surface area (Å²) < 4.78 is 6.19.